The van der Waals surface area contributed by atoms with Crippen LogP contribution < -0.4 is 19.1 Å². The molecule has 0 bridgehead atoms. The maximum atomic E-state index is 12.4. The molecule has 2 aromatic carbocycles. The van der Waals surface area contributed by atoms with Gasteiger partial charge in [0, 0.05) is 17.3 Å². The van der Waals surface area contributed by atoms with Crippen LogP contribution in [-0.2, 0) is 4.79 Å². The minimum atomic E-state index is -0.359. The molecule has 1 heterocycles. The Morgan fingerprint density at radius 2 is 1.60 bits per heavy atom. The van der Waals surface area contributed by atoms with Gasteiger partial charge in [0.1, 0.15) is 0 Å². The summed E-state index contributed by atoms with van der Waals surface area (Å²) in [5.74, 6) is 1.32. The number of benzene rings is 2. The Hall–Kier alpha value is -3.15. The van der Waals surface area contributed by atoms with Gasteiger partial charge in [0.15, 0.2) is 23.0 Å². The Morgan fingerprint density at radius 1 is 0.960 bits per heavy atom. The molecule has 0 aliphatic carbocycles. The fraction of sp³-hybridized carbons (Fsp3) is 0.211. The fourth-order valence-electron chi connectivity index (χ4n) is 2.95. The van der Waals surface area contributed by atoms with Gasteiger partial charge in [0.05, 0.1) is 27.4 Å². The molecule has 1 unspecified atom stereocenters. The zero-order valence-electron chi connectivity index (χ0n) is 14.3. The van der Waals surface area contributed by atoms with Crippen molar-refractivity contribution in [1.29, 1.82) is 0 Å². The predicted octanol–water partition coefficient (Wildman–Crippen LogP) is 3.06. The molecule has 0 radical (unpaired) electrons. The maximum absolute atomic E-state index is 12.4. The number of aromatic hydroxyl groups is 1. The summed E-state index contributed by atoms with van der Waals surface area (Å²) in [6.45, 7) is 3.86. The van der Waals surface area contributed by atoms with Gasteiger partial charge in [-0.15, -0.1) is 0 Å². The van der Waals surface area contributed by atoms with Crippen LogP contribution in [0.25, 0.3) is 0 Å². The van der Waals surface area contributed by atoms with Gasteiger partial charge in [-0.25, -0.2) is 0 Å². The molecule has 1 fully saturated rings. The Morgan fingerprint density at radius 3 is 2.20 bits per heavy atom. The molecule has 1 aliphatic rings. The molecule has 1 saturated heterocycles. The molecule has 1 aliphatic heterocycles. The zero-order chi connectivity index (χ0) is 18.1. The van der Waals surface area contributed by atoms with Gasteiger partial charge >= 0.3 is 0 Å². The van der Waals surface area contributed by atoms with Crippen LogP contribution in [-0.4, -0.2) is 32.3 Å². The number of nitrogens with zero attached hydrogens (tertiary/aromatic N) is 1. The molecule has 1 N–H and O–H groups in total. The van der Waals surface area contributed by atoms with Crippen LogP contribution in [0.3, 0.4) is 0 Å². The maximum Gasteiger partial charge on any atom is 0.256 e. The number of methoxy groups -OCH3 is 3. The van der Waals surface area contributed by atoms with Gasteiger partial charge in [-0.2, -0.15) is 0 Å². The van der Waals surface area contributed by atoms with Gasteiger partial charge in [-0.1, -0.05) is 12.6 Å². The third kappa shape index (κ3) is 2.65. The van der Waals surface area contributed by atoms with Crippen LogP contribution in [0, 0.1) is 0 Å². The smallest absolute Gasteiger partial charge is 0.256 e. The molecule has 6 heteroatoms. The van der Waals surface area contributed by atoms with E-state index in [2.05, 4.69) is 6.58 Å². The van der Waals surface area contributed by atoms with Gasteiger partial charge in [0.2, 0.25) is 0 Å². The summed E-state index contributed by atoms with van der Waals surface area (Å²) in [5, 5.41) is 10.0. The highest BCUT2D eigenvalue weighted by atomic mass is 16.5. The van der Waals surface area contributed by atoms with Crippen molar-refractivity contribution < 1.29 is 24.1 Å². The number of phenolic OH excluding ortho intramolecular Hbond substituents is 1. The van der Waals surface area contributed by atoms with Crippen molar-refractivity contribution in [2.75, 3.05) is 26.2 Å². The molecule has 0 aromatic heterocycles. The normalized spacial score (nSPS) is 16.4. The van der Waals surface area contributed by atoms with Crippen molar-refractivity contribution in [2.45, 2.75) is 6.04 Å². The van der Waals surface area contributed by atoms with E-state index in [1.165, 1.54) is 14.2 Å². The molecular weight excluding hydrogens is 322 g/mol. The molecule has 0 saturated carbocycles. The van der Waals surface area contributed by atoms with Crippen molar-refractivity contribution in [3.63, 3.8) is 0 Å². The Balaban J connectivity index is 1.99. The largest absolute Gasteiger partial charge is 0.504 e. The second-order valence-electron chi connectivity index (χ2n) is 5.57. The number of ether oxygens (including phenoxy) is 3. The predicted molar refractivity (Wildman–Crippen MR) is 93.6 cm³/mol. The van der Waals surface area contributed by atoms with Gasteiger partial charge in [-0.3, -0.25) is 9.69 Å². The highest BCUT2D eigenvalue weighted by molar-refractivity contribution is 6.15. The molecule has 130 valence electrons. The van der Waals surface area contributed by atoms with E-state index >= 15 is 0 Å². The van der Waals surface area contributed by atoms with Crippen LogP contribution in [0.4, 0.5) is 5.69 Å². The zero-order valence-corrected chi connectivity index (χ0v) is 14.3. The number of rotatable bonds is 5. The lowest BCUT2D eigenvalue weighted by Gasteiger charge is -2.42. The number of β-lactam (4-membered cyclic amide) rings is 1. The number of carbonyl (C=O) groups excluding carboxylic acids is 1. The van der Waals surface area contributed by atoms with E-state index < -0.39 is 0 Å². The number of hydrogen-bond donors (Lipinski definition) is 1. The minimum Gasteiger partial charge on any atom is -0.504 e. The lowest BCUT2D eigenvalue weighted by molar-refractivity contribution is -0.118. The number of carbonyl (C=O) groups is 1. The first-order valence-corrected chi connectivity index (χ1v) is 7.63. The molecule has 25 heavy (non-hydrogen) atoms. The standard InChI is InChI=1S/C19H19NO5/c1-11-18(12-5-7-15(23-2)14(21)9-12)20(19(11)22)13-6-8-16(24-3)17(10-13)25-4/h5-10,18,21H,1H2,2-4H3. The number of phenols is 1. The molecule has 1 atom stereocenters. The van der Waals surface area contributed by atoms with E-state index in [1.54, 1.807) is 48.4 Å². The van der Waals surface area contributed by atoms with E-state index in [4.69, 9.17) is 14.2 Å². The lowest BCUT2D eigenvalue weighted by atomic mass is 9.88. The van der Waals surface area contributed by atoms with Crippen LogP contribution in [0.5, 0.6) is 23.0 Å². The summed E-state index contributed by atoms with van der Waals surface area (Å²) in [4.78, 5) is 14.0. The van der Waals surface area contributed by atoms with E-state index in [0.717, 1.165) is 5.56 Å². The summed E-state index contributed by atoms with van der Waals surface area (Å²) >= 11 is 0. The van der Waals surface area contributed by atoms with E-state index in [9.17, 15) is 9.90 Å². The van der Waals surface area contributed by atoms with Crippen LogP contribution >= 0.6 is 0 Å². The molecule has 6 nitrogen and oxygen atoms in total. The van der Waals surface area contributed by atoms with Crippen molar-refractivity contribution in [3.05, 3.63) is 54.1 Å². The quantitative estimate of drug-likeness (QED) is 0.669. The highest BCUT2D eigenvalue weighted by Gasteiger charge is 2.43. The van der Waals surface area contributed by atoms with Gasteiger partial charge in [0.25, 0.3) is 5.91 Å². The Kier molecular flexibility index (Phi) is 4.27. The Bertz CT molecular complexity index is 846. The van der Waals surface area contributed by atoms with E-state index in [-0.39, 0.29) is 17.7 Å². The highest BCUT2D eigenvalue weighted by Crippen LogP contribution is 2.45. The minimum absolute atomic E-state index is 0.0133. The Labute approximate surface area is 145 Å². The number of anilines is 1. The average Bonchev–Trinajstić information content (AvgIpc) is 2.64. The van der Waals surface area contributed by atoms with Crippen molar-refractivity contribution >= 4 is 11.6 Å². The van der Waals surface area contributed by atoms with E-state index in [1.807, 2.05) is 0 Å². The third-order valence-corrected chi connectivity index (χ3v) is 4.25. The summed E-state index contributed by atoms with van der Waals surface area (Å²) < 4.78 is 15.6. The summed E-state index contributed by atoms with van der Waals surface area (Å²) in [7, 11) is 4.57. The first-order valence-electron chi connectivity index (χ1n) is 7.63. The summed E-state index contributed by atoms with van der Waals surface area (Å²) in [6, 6.07) is 9.94. The van der Waals surface area contributed by atoms with Crippen LogP contribution in [0.1, 0.15) is 11.6 Å². The second kappa shape index (κ2) is 6.39. The fourth-order valence-corrected chi connectivity index (χ4v) is 2.95. The number of amides is 1. The SMILES string of the molecule is C=C1C(=O)N(c2ccc(OC)c(OC)c2)C1c1ccc(OC)c(O)c1. The van der Waals surface area contributed by atoms with Crippen molar-refractivity contribution in [1.82, 2.24) is 0 Å². The van der Waals surface area contributed by atoms with Crippen molar-refractivity contribution in [3.8, 4) is 23.0 Å². The number of hydrogen-bond acceptors (Lipinski definition) is 5. The lowest BCUT2D eigenvalue weighted by Crippen LogP contribution is -2.48. The molecular formula is C19H19NO5. The molecule has 1 amide bonds. The first kappa shape index (κ1) is 16.7. The van der Waals surface area contributed by atoms with E-state index in [0.29, 0.717) is 28.5 Å². The van der Waals surface area contributed by atoms with Crippen LogP contribution in [0.2, 0.25) is 0 Å². The monoisotopic (exact) mass is 341 g/mol. The van der Waals surface area contributed by atoms with Crippen molar-refractivity contribution in [2.24, 2.45) is 0 Å². The summed E-state index contributed by atoms with van der Waals surface area (Å²) in [5.41, 5.74) is 1.87. The first-order chi connectivity index (χ1) is 12.0. The van der Waals surface area contributed by atoms with Gasteiger partial charge < -0.3 is 19.3 Å². The van der Waals surface area contributed by atoms with Crippen LogP contribution in [0.15, 0.2) is 48.6 Å². The summed E-state index contributed by atoms with van der Waals surface area (Å²) in [6.07, 6.45) is 0. The second-order valence-corrected chi connectivity index (χ2v) is 5.57. The third-order valence-electron chi connectivity index (χ3n) is 4.25. The topological polar surface area (TPSA) is 68.2 Å². The average molecular weight is 341 g/mol. The molecule has 3 rings (SSSR count). The molecule has 0 spiro atoms. The molecule has 2 aromatic rings. The van der Waals surface area contributed by atoms with Gasteiger partial charge in [-0.05, 0) is 29.8 Å².